The number of halogens is 2. The lowest BCUT2D eigenvalue weighted by molar-refractivity contribution is -0.258. The molecule has 2 fully saturated rings. The standard InChI is InChI=1S/C22H24F2N4O4/c23-16-5-3-6-17(13-16)25-20(29)27-9-4-11-31-22(14-27)15-28(10-12-32-22)21(30)26-19-8-2-1-7-18(19)24/h1-3,5-8,13H,4,9-12,14-15H2,(H,25,29)(H,26,30). The van der Waals surface area contributed by atoms with Crippen molar-refractivity contribution in [1.29, 1.82) is 0 Å². The Morgan fingerprint density at radius 3 is 2.38 bits per heavy atom. The second kappa shape index (κ2) is 9.49. The van der Waals surface area contributed by atoms with Crippen LogP contribution in [0.25, 0.3) is 0 Å². The molecule has 2 aromatic carbocycles. The van der Waals surface area contributed by atoms with Crippen LogP contribution in [0.2, 0.25) is 0 Å². The first-order valence-electron chi connectivity index (χ1n) is 10.3. The van der Waals surface area contributed by atoms with E-state index in [2.05, 4.69) is 10.6 Å². The first-order chi connectivity index (χ1) is 15.4. The molecule has 0 bridgehead atoms. The number of rotatable bonds is 2. The number of carbonyl (C=O) groups excluding carboxylic acids is 2. The van der Waals surface area contributed by atoms with Crippen LogP contribution in [0.1, 0.15) is 6.42 Å². The molecule has 2 heterocycles. The zero-order chi connectivity index (χ0) is 22.6. The highest BCUT2D eigenvalue weighted by molar-refractivity contribution is 5.90. The van der Waals surface area contributed by atoms with Crippen LogP contribution in [0.4, 0.5) is 29.7 Å². The van der Waals surface area contributed by atoms with Crippen molar-refractivity contribution >= 4 is 23.4 Å². The van der Waals surface area contributed by atoms with E-state index in [1.807, 2.05) is 0 Å². The van der Waals surface area contributed by atoms with E-state index in [1.54, 1.807) is 12.1 Å². The molecule has 2 aromatic rings. The molecule has 4 rings (SSSR count). The van der Waals surface area contributed by atoms with Crippen molar-refractivity contribution in [3.05, 3.63) is 60.2 Å². The van der Waals surface area contributed by atoms with E-state index in [4.69, 9.17) is 9.47 Å². The number of nitrogens with one attached hydrogen (secondary N) is 2. The number of amides is 4. The van der Waals surface area contributed by atoms with Crippen LogP contribution >= 0.6 is 0 Å². The molecule has 10 heteroatoms. The van der Waals surface area contributed by atoms with Gasteiger partial charge in [0.25, 0.3) is 0 Å². The molecular weight excluding hydrogens is 422 g/mol. The van der Waals surface area contributed by atoms with Gasteiger partial charge in [-0.25, -0.2) is 18.4 Å². The van der Waals surface area contributed by atoms with E-state index in [0.29, 0.717) is 31.8 Å². The normalized spacial score (nSPS) is 21.2. The number of hydrogen-bond acceptors (Lipinski definition) is 4. The predicted octanol–water partition coefficient (Wildman–Crippen LogP) is 3.48. The molecule has 1 spiro atoms. The minimum Gasteiger partial charge on any atom is -0.347 e. The number of urea groups is 2. The third kappa shape index (κ3) is 5.14. The molecule has 1 atom stereocenters. The first-order valence-corrected chi connectivity index (χ1v) is 10.3. The summed E-state index contributed by atoms with van der Waals surface area (Å²) in [4.78, 5) is 28.5. The van der Waals surface area contributed by atoms with E-state index < -0.39 is 29.5 Å². The predicted molar refractivity (Wildman–Crippen MR) is 113 cm³/mol. The van der Waals surface area contributed by atoms with Gasteiger partial charge in [-0.1, -0.05) is 18.2 Å². The summed E-state index contributed by atoms with van der Waals surface area (Å²) in [5, 5.41) is 5.24. The van der Waals surface area contributed by atoms with Gasteiger partial charge in [-0.15, -0.1) is 0 Å². The topological polar surface area (TPSA) is 83.1 Å². The third-order valence-corrected chi connectivity index (χ3v) is 5.29. The van der Waals surface area contributed by atoms with Crippen molar-refractivity contribution < 1.29 is 27.8 Å². The lowest BCUT2D eigenvalue weighted by Crippen LogP contribution is -2.60. The van der Waals surface area contributed by atoms with Crippen molar-refractivity contribution in [2.45, 2.75) is 12.2 Å². The van der Waals surface area contributed by atoms with Crippen molar-refractivity contribution in [2.75, 3.05) is 50.0 Å². The second-order valence-electron chi connectivity index (χ2n) is 7.65. The zero-order valence-electron chi connectivity index (χ0n) is 17.4. The average Bonchev–Trinajstić information content (AvgIpc) is 2.98. The van der Waals surface area contributed by atoms with Gasteiger partial charge in [0, 0.05) is 18.8 Å². The van der Waals surface area contributed by atoms with E-state index in [-0.39, 0.29) is 25.4 Å². The number of nitrogens with zero attached hydrogens (tertiary/aromatic N) is 2. The van der Waals surface area contributed by atoms with Gasteiger partial charge in [0.15, 0.2) is 0 Å². The molecule has 2 aliphatic heterocycles. The van der Waals surface area contributed by atoms with E-state index in [9.17, 15) is 18.4 Å². The Bertz CT molecular complexity index is 992. The maximum absolute atomic E-state index is 13.9. The number of anilines is 2. The highest BCUT2D eigenvalue weighted by Gasteiger charge is 2.43. The maximum atomic E-state index is 13.9. The molecule has 0 saturated carbocycles. The fourth-order valence-electron chi connectivity index (χ4n) is 3.74. The van der Waals surface area contributed by atoms with E-state index >= 15 is 0 Å². The maximum Gasteiger partial charge on any atom is 0.322 e. The lowest BCUT2D eigenvalue weighted by atomic mass is 10.2. The van der Waals surface area contributed by atoms with Crippen molar-refractivity contribution in [3.8, 4) is 0 Å². The van der Waals surface area contributed by atoms with Gasteiger partial charge in [0.1, 0.15) is 11.6 Å². The summed E-state index contributed by atoms with van der Waals surface area (Å²) in [6.07, 6.45) is 0.573. The van der Waals surface area contributed by atoms with Gasteiger partial charge in [-0.05, 0) is 36.8 Å². The molecule has 32 heavy (non-hydrogen) atoms. The van der Waals surface area contributed by atoms with Crippen LogP contribution in [-0.4, -0.2) is 67.0 Å². The van der Waals surface area contributed by atoms with Gasteiger partial charge in [0.2, 0.25) is 5.79 Å². The fourth-order valence-corrected chi connectivity index (χ4v) is 3.74. The Labute approximate surface area is 184 Å². The van der Waals surface area contributed by atoms with Crippen LogP contribution in [0.5, 0.6) is 0 Å². The van der Waals surface area contributed by atoms with E-state index in [0.717, 1.165) is 0 Å². The molecule has 1 unspecified atom stereocenters. The van der Waals surface area contributed by atoms with Crippen molar-refractivity contribution in [1.82, 2.24) is 9.80 Å². The Kier molecular flexibility index (Phi) is 6.52. The molecule has 2 saturated heterocycles. The van der Waals surface area contributed by atoms with Crippen LogP contribution in [-0.2, 0) is 9.47 Å². The number of carbonyl (C=O) groups is 2. The Morgan fingerprint density at radius 1 is 0.875 bits per heavy atom. The lowest BCUT2D eigenvalue weighted by Gasteiger charge is -2.42. The van der Waals surface area contributed by atoms with Gasteiger partial charge < -0.3 is 29.9 Å². The summed E-state index contributed by atoms with van der Waals surface area (Å²) in [5.41, 5.74) is 0.417. The molecule has 2 aliphatic rings. The monoisotopic (exact) mass is 446 g/mol. The molecule has 0 radical (unpaired) electrons. The molecule has 8 nitrogen and oxygen atoms in total. The summed E-state index contributed by atoms with van der Waals surface area (Å²) in [6.45, 7) is 1.39. The van der Waals surface area contributed by atoms with Crippen LogP contribution in [0.15, 0.2) is 48.5 Å². The molecule has 2 N–H and O–H groups in total. The summed E-state index contributed by atoms with van der Waals surface area (Å²) in [7, 11) is 0. The first kappa shape index (κ1) is 22.0. The largest absolute Gasteiger partial charge is 0.347 e. The number of morpholine rings is 1. The van der Waals surface area contributed by atoms with Crippen LogP contribution in [0, 0.1) is 11.6 Å². The molecule has 0 aliphatic carbocycles. The average molecular weight is 446 g/mol. The second-order valence-corrected chi connectivity index (χ2v) is 7.65. The van der Waals surface area contributed by atoms with Gasteiger partial charge in [0.05, 0.1) is 32.0 Å². The van der Waals surface area contributed by atoms with Crippen LogP contribution in [0.3, 0.4) is 0 Å². The smallest absolute Gasteiger partial charge is 0.322 e. The number of ether oxygens (including phenoxy) is 2. The number of para-hydroxylation sites is 1. The Balaban J connectivity index is 1.43. The van der Waals surface area contributed by atoms with Crippen LogP contribution < -0.4 is 10.6 Å². The fraction of sp³-hybridized carbons (Fsp3) is 0.364. The summed E-state index contributed by atoms with van der Waals surface area (Å²) in [5.74, 6) is -2.19. The Morgan fingerprint density at radius 2 is 1.59 bits per heavy atom. The quantitative estimate of drug-likeness (QED) is 0.740. The van der Waals surface area contributed by atoms with Crippen molar-refractivity contribution in [3.63, 3.8) is 0 Å². The van der Waals surface area contributed by atoms with Gasteiger partial charge in [-0.2, -0.15) is 0 Å². The molecular formula is C22H24F2N4O4. The SMILES string of the molecule is O=C(Nc1cccc(F)c1)N1CCCOC2(C1)CN(C(=O)Nc1ccccc1F)CCO2. The van der Waals surface area contributed by atoms with Crippen molar-refractivity contribution in [2.24, 2.45) is 0 Å². The summed E-state index contributed by atoms with van der Waals surface area (Å²) in [6, 6.07) is 10.6. The van der Waals surface area contributed by atoms with E-state index in [1.165, 1.54) is 46.2 Å². The molecule has 4 amide bonds. The minimum absolute atomic E-state index is 0.0665. The van der Waals surface area contributed by atoms with Gasteiger partial charge >= 0.3 is 12.1 Å². The third-order valence-electron chi connectivity index (χ3n) is 5.29. The highest BCUT2D eigenvalue weighted by atomic mass is 19.1. The molecule has 170 valence electrons. The summed E-state index contributed by atoms with van der Waals surface area (Å²) >= 11 is 0. The number of hydrogen-bond donors (Lipinski definition) is 2. The molecule has 0 aromatic heterocycles. The highest BCUT2D eigenvalue weighted by Crippen LogP contribution is 2.26. The zero-order valence-corrected chi connectivity index (χ0v) is 17.4. The number of benzene rings is 2. The Hall–Kier alpha value is -3.24. The van der Waals surface area contributed by atoms with Gasteiger partial charge in [-0.3, -0.25) is 0 Å². The minimum atomic E-state index is -1.21. The summed E-state index contributed by atoms with van der Waals surface area (Å²) < 4.78 is 39.2.